The lowest BCUT2D eigenvalue weighted by molar-refractivity contribution is 0.101. The van der Waals surface area contributed by atoms with Gasteiger partial charge >= 0.3 is 0 Å². The number of carbonyl (C=O) groups is 1. The van der Waals surface area contributed by atoms with E-state index in [1.807, 2.05) is 6.07 Å². The molecular formula is C18H26O3. The molecule has 1 N–H and O–H groups in total. The first-order chi connectivity index (χ1) is 10.1. The van der Waals surface area contributed by atoms with Gasteiger partial charge in [0.2, 0.25) is 0 Å². The van der Waals surface area contributed by atoms with Crippen LogP contribution in [0, 0.1) is 5.92 Å². The van der Waals surface area contributed by atoms with Crippen LogP contribution < -0.4 is 4.74 Å². The second-order valence-corrected chi connectivity index (χ2v) is 6.06. The Balaban J connectivity index is 2.13. The van der Waals surface area contributed by atoms with Crippen LogP contribution in [0.4, 0.5) is 0 Å². The van der Waals surface area contributed by atoms with Gasteiger partial charge in [-0.2, -0.15) is 0 Å². The Morgan fingerprint density at radius 3 is 2.62 bits per heavy atom. The molecule has 116 valence electrons. The summed E-state index contributed by atoms with van der Waals surface area (Å²) in [5.74, 6) is 1.36. The Labute approximate surface area is 127 Å². The number of phenolic OH excluding ortho intramolecular Hbond substituents is 1. The highest BCUT2D eigenvalue weighted by Crippen LogP contribution is 2.34. The van der Waals surface area contributed by atoms with E-state index in [-0.39, 0.29) is 11.5 Å². The molecule has 1 fully saturated rings. The minimum absolute atomic E-state index is 0.102. The van der Waals surface area contributed by atoms with E-state index in [0.29, 0.717) is 11.5 Å². The number of ketones is 1. The van der Waals surface area contributed by atoms with Gasteiger partial charge in [-0.1, -0.05) is 32.6 Å². The molecule has 3 heteroatoms. The van der Waals surface area contributed by atoms with Gasteiger partial charge in [-0.05, 0) is 44.2 Å². The zero-order valence-corrected chi connectivity index (χ0v) is 13.2. The summed E-state index contributed by atoms with van der Waals surface area (Å²) in [5.41, 5.74) is 1.17. The summed E-state index contributed by atoms with van der Waals surface area (Å²) in [5, 5.41) is 10.3. The van der Waals surface area contributed by atoms with Crippen LogP contribution in [-0.2, 0) is 6.42 Å². The lowest BCUT2D eigenvalue weighted by Crippen LogP contribution is -2.16. The third-order valence-electron chi connectivity index (χ3n) is 4.32. The van der Waals surface area contributed by atoms with E-state index >= 15 is 0 Å². The number of carbonyl (C=O) groups excluding carboxylic acids is 1. The largest absolute Gasteiger partial charge is 0.507 e. The van der Waals surface area contributed by atoms with Crippen LogP contribution in [0.15, 0.2) is 12.1 Å². The van der Waals surface area contributed by atoms with E-state index in [4.69, 9.17) is 4.74 Å². The van der Waals surface area contributed by atoms with Crippen molar-refractivity contribution in [3.63, 3.8) is 0 Å². The normalized spacial score (nSPS) is 15.9. The number of phenols is 1. The van der Waals surface area contributed by atoms with E-state index < -0.39 is 0 Å². The van der Waals surface area contributed by atoms with Crippen molar-refractivity contribution >= 4 is 5.78 Å². The van der Waals surface area contributed by atoms with Crippen molar-refractivity contribution in [3.05, 3.63) is 23.3 Å². The van der Waals surface area contributed by atoms with Crippen LogP contribution in [0.5, 0.6) is 11.5 Å². The fourth-order valence-electron chi connectivity index (χ4n) is 3.09. The summed E-state index contributed by atoms with van der Waals surface area (Å²) in [7, 11) is 0. The number of aromatic hydroxyl groups is 1. The Hall–Kier alpha value is -1.51. The molecule has 0 bridgehead atoms. The lowest BCUT2D eigenvalue weighted by atomic mass is 9.90. The fourth-order valence-corrected chi connectivity index (χ4v) is 3.09. The average Bonchev–Trinajstić information content (AvgIpc) is 2.48. The van der Waals surface area contributed by atoms with Gasteiger partial charge in [-0.15, -0.1) is 0 Å². The molecule has 2 rings (SSSR count). The smallest absolute Gasteiger partial charge is 0.163 e. The lowest BCUT2D eigenvalue weighted by Gasteiger charge is -2.23. The van der Waals surface area contributed by atoms with Crippen LogP contribution in [0.2, 0.25) is 0 Å². The molecule has 1 saturated carbocycles. The first-order valence-electron chi connectivity index (χ1n) is 8.12. The van der Waals surface area contributed by atoms with Gasteiger partial charge < -0.3 is 9.84 Å². The fraction of sp³-hybridized carbons (Fsp3) is 0.611. The van der Waals surface area contributed by atoms with E-state index in [9.17, 15) is 9.90 Å². The molecule has 1 aromatic rings. The first-order valence-corrected chi connectivity index (χ1v) is 8.12. The molecule has 1 aromatic carbocycles. The molecule has 0 radical (unpaired) electrons. The highest BCUT2D eigenvalue weighted by atomic mass is 16.5. The minimum Gasteiger partial charge on any atom is -0.507 e. The highest BCUT2D eigenvalue weighted by Gasteiger charge is 2.18. The third-order valence-corrected chi connectivity index (χ3v) is 4.32. The number of benzene rings is 1. The van der Waals surface area contributed by atoms with Crippen LogP contribution in [-0.4, -0.2) is 17.5 Å². The van der Waals surface area contributed by atoms with E-state index in [0.717, 1.165) is 30.8 Å². The summed E-state index contributed by atoms with van der Waals surface area (Å²) in [6.45, 7) is 4.26. The van der Waals surface area contributed by atoms with Crippen LogP contribution in [0.1, 0.15) is 68.3 Å². The summed E-state index contributed by atoms with van der Waals surface area (Å²) in [6.07, 6.45) is 8.04. The SMILES string of the molecule is CCCc1c(OCC2CCCCC2)ccc(C(C)=O)c1O. The summed E-state index contributed by atoms with van der Waals surface area (Å²) < 4.78 is 5.97. The van der Waals surface area contributed by atoms with E-state index in [2.05, 4.69) is 6.92 Å². The molecule has 3 nitrogen and oxygen atoms in total. The minimum atomic E-state index is -0.108. The second kappa shape index (κ2) is 7.48. The van der Waals surface area contributed by atoms with Gasteiger partial charge in [0.15, 0.2) is 5.78 Å². The maximum atomic E-state index is 11.5. The number of rotatable bonds is 6. The zero-order valence-electron chi connectivity index (χ0n) is 13.2. The topological polar surface area (TPSA) is 46.5 Å². The monoisotopic (exact) mass is 290 g/mol. The van der Waals surface area contributed by atoms with Gasteiger partial charge in [0.25, 0.3) is 0 Å². The number of hydrogen-bond acceptors (Lipinski definition) is 3. The predicted octanol–water partition coefficient (Wildman–Crippen LogP) is 4.51. The Morgan fingerprint density at radius 2 is 2.00 bits per heavy atom. The Kier molecular flexibility index (Phi) is 5.66. The number of ether oxygens (including phenoxy) is 1. The van der Waals surface area contributed by atoms with Crippen molar-refractivity contribution in [1.82, 2.24) is 0 Å². The van der Waals surface area contributed by atoms with Crippen molar-refractivity contribution in [3.8, 4) is 11.5 Å². The maximum Gasteiger partial charge on any atom is 0.163 e. The van der Waals surface area contributed by atoms with Gasteiger partial charge in [0.05, 0.1) is 12.2 Å². The number of Topliss-reactive ketones (excluding diaryl/α,β-unsaturated/α-hetero) is 1. The molecule has 0 aromatic heterocycles. The highest BCUT2D eigenvalue weighted by molar-refractivity contribution is 5.97. The molecule has 1 aliphatic rings. The molecule has 0 aliphatic heterocycles. The van der Waals surface area contributed by atoms with Crippen LogP contribution >= 0.6 is 0 Å². The quantitative estimate of drug-likeness (QED) is 0.784. The van der Waals surface area contributed by atoms with Gasteiger partial charge in [0, 0.05) is 5.56 Å². The molecule has 0 amide bonds. The van der Waals surface area contributed by atoms with Crippen molar-refractivity contribution < 1.29 is 14.6 Å². The first kappa shape index (κ1) is 15.9. The van der Waals surface area contributed by atoms with Crippen molar-refractivity contribution in [1.29, 1.82) is 0 Å². The van der Waals surface area contributed by atoms with Crippen LogP contribution in [0.3, 0.4) is 0 Å². The molecule has 0 unspecified atom stereocenters. The zero-order chi connectivity index (χ0) is 15.2. The molecule has 1 aliphatic carbocycles. The van der Waals surface area contributed by atoms with E-state index in [1.54, 1.807) is 6.07 Å². The third kappa shape index (κ3) is 3.99. The molecule has 0 spiro atoms. The average molecular weight is 290 g/mol. The summed E-state index contributed by atoms with van der Waals surface area (Å²) in [4.78, 5) is 11.5. The molecule has 0 heterocycles. The predicted molar refractivity (Wildman–Crippen MR) is 84.2 cm³/mol. The van der Waals surface area contributed by atoms with Crippen molar-refractivity contribution in [2.45, 2.75) is 58.8 Å². The Bertz CT molecular complexity index is 487. The molecule has 0 atom stereocenters. The van der Waals surface area contributed by atoms with Gasteiger partial charge in [-0.3, -0.25) is 4.79 Å². The standard InChI is InChI=1S/C18H26O3/c1-3-7-16-17(11-10-15(13(2)19)18(16)20)21-12-14-8-5-4-6-9-14/h10-11,14,20H,3-9,12H2,1-2H3. The van der Waals surface area contributed by atoms with Crippen molar-refractivity contribution in [2.24, 2.45) is 5.92 Å². The summed E-state index contributed by atoms with van der Waals surface area (Å²) >= 11 is 0. The molecular weight excluding hydrogens is 264 g/mol. The molecule has 0 saturated heterocycles. The van der Waals surface area contributed by atoms with E-state index in [1.165, 1.54) is 39.0 Å². The second-order valence-electron chi connectivity index (χ2n) is 6.06. The van der Waals surface area contributed by atoms with Gasteiger partial charge in [-0.25, -0.2) is 0 Å². The summed E-state index contributed by atoms with van der Waals surface area (Å²) in [6, 6.07) is 3.51. The molecule has 21 heavy (non-hydrogen) atoms. The van der Waals surface area contributed by atoms with Crippen LogP contribution in [0.25, 0.3) is 0 Å². The van der Waals surface area contributed by atoms with Gasteiger partial charge in [0.1, 0.15) is 11.5 Å². The Morgan fingerprint density at radius 1 is 1.29 bits per heavy atom. The maximum absolute atomic E-state index is 11.5. The van der Waals surface area contributed by atoms with Crippen molar-refractivity contribution in [2.75, 3.05) is 6.61 Å². The number of hydrogen-bond donors (Lipinski definition) is 1.